The molecule has 1 saturated heterocycles. The Kier molecular flexibility index (Phi) is 2.85. The average Bonchev–Trinajstić information content (AvgIpc) is 2.84. The molecule has 1 atom stereocenters. The number of aromatic nitrogens is 2. The number of rotatable bonds is 4. The molecule has 0 bridgehead atoms. The fraction of sp³-hybridized carbons (Fsp3) is 0.455. The van der Waals surface area contributed by atoms with Crippen molar-refractivity contribution in [2.24, 2.45) is 5.92 Å². The van der Waals surface area contributed by atoms with E-state index in [0.29, 0.717) is 12.3 Å². The first-order chi connectivity index (χ1) is 7.29. The second kappa shape index (κ2) is 4.29. The Bertz CT molecular complexity index is 345. The Hall–Kier alpha value is -1.58. The van der Waals surface area contributed by atoms with E-state index in [-0.39, 0.29) is 5.91 Å². The minimum absolute atomic E-state index is 0.239. The number of H-pyrrole nitrogens is 1. The highest BCUT2D eigenvalue weighted by atomic mass is 16.2. The molecule has 4 nitrogen and oxygen atoms in total. The van der Waals surface area contributed by atoms with Gasteiger partial charge in [-0.3, -0.25) is 9.89 Å². The van der Waals surface area contributed by atoms with E-state index in [9.17, 15) is 4.79 Å². The number of likely N-dealkylation sites (tertiary alicyclic amines) is 1. The predicted molar refractivity (Wildman–Crippen MR) is 57.2 cm³/mol. The molecule has 0 spiro atoms. The van der Waals surface area contributed by atoms with Crippen LogP contribution in [0.2, 0.25) is 0 Å². The third-order valence-corrected chi connectivity index (χ3v) is 2.80. The van der Waals surface area contributed by atoms with E-state index in [4.69, 9.17) is 0 Å². The Morgan fingerprint density at radius 1 is 1.73 bits per heavy atom. The fourth-order valence-corrected chi connectivity index (χ4v) is 1.86. The first-order valence-electron chi connectivity index (χ1n) is 5.17. The van der Waals surface area contributed by atoms with Crippen molar-refractivity contribution in [3.05, 3.63) is 30.6 Å². The molecule has 1 N–H and O–H groups in total. The Balaban J connectivity index is 1.85. The topological polar surface area (TPSA) is 49.0 Å². The zero-order valence-corrected chi connectivity index (χ0v) is 8.65. The van der Waals surface area contributed by atoms with E-state index in [1.807, 2.05) is 17.2 Å². The van der Waals surface area contributed by atoms with Gasteiger partial charge in [0.05, 0.1) is 6.20 Å². The van der Waals surface area contributed by atoms with Crippen LogP contribution in [-0.2, 0) is 11.2 Å². The van der Waals surface area contributed by atoms with Crippen LogP contribution >= 0.6 is 0 Å². The van der Waals surface area contributed by atoms with Crippen LogP contribution < -0.4 is 0 Å². The van der Waals surface area contributed by atoms with Crippen LogP contribution in [0.4, 0.5) is 0 Å². The smallest absolute Gasteiger partial charge is 0.223 e. The Morgan fingerprint density at radius 2 is 2.60 bits per heavy atom. The van der Waals surface area contributed by atoms with Crippen molar-refractivity contribution < 1.29 is 4.79 Å². The maximum atomic E-state index is 11.6. The number of carbonyl (C=O) groups is 1. The van der Waals surface area contributed by atoms with Crippen LogP contribution in [0.15, 0.2) is 25.0 Å². The zero-order valence-electron chi connectivity index (χ0n) is 8.65. The van der Waals surface area contributed by atoms with Gasteiger partial charge in [-0.25, -0.2) is 0 Å². The molecule has 0 saturated carbocycles. The van der Waals surface area contributed by atoms with Gasteiger partial charge in [0.1, 0.15) is 0 Å². The molecule has 2 rings (SSSR count). The van der Waals surface area contributed by atoms with E-state index in [0.717, 1.165) is 25.1 Å². The summed E-state index contributed by atoms with van der Waals surface area (Å²) in [6.07, 6.45) is 7.02. The van der Waals surface area contributed by atoms with Gasteiger partial charge in [-0.1, -0.05) is 6.08 Å². The molecule has 0 aromatic carbocycles. The van der Waals surface area contributed by atoms with E-state index >= 15 is 0 Å². The van der Waals surface area contributed by atoms with Crippen molar-refractivity contribution in [1.29, 1.82) is 0 Å². The molecule has 15 heavy (non-hydrogen) atoms. The van der Waals surface area contributed by atoms with Crippen molar-refractivity contribution in [3.8, 4) is 0 Å². The molecule has 1 aromatic rings. The molecule has 2 heterocycles. The Morgan fingerprint density at radius 3 is 3.20 bits per heavy atom. The third kappa shape index (κ3) is 2.26. The van der Waals surface area contributed by atoms with Gasteiger partial charge in [-0.15, -0.1) is 6.58 Å². The number of nitrogens with one attached hydrogen (secondary N) is 1. The highest BCUT2D eigenvalue weighted by Crippen LogP contribution is 2.18. The summed E-state index contributed by atoms with van der Waals surface area (Å²) in [5, 5.41) is 6.64. The molecular formula is C11H15N3O. The largest absolute Gasteiger partial charge is 0.342 e. The Labute approximate surface area is 89.0 Å². The van der Waals surface area contributed by atoms with Crippen LogP contribution in [0.5, 0.6) is 0 Å². The summed E-state index contributed by atoms with van der Waals surface area (Å²) in [5.41, 5.74) is 1.14. The summed E-state index contributed by atoms with van der Waals surface area (Å²) in [4.78, 5) is 13.5. The van der Waals surface area contributed by atoms with Crippen LogP contribution in [-0.4, -0.2) is 34.1 Å². The summed E-state index contributed by atoms with van der Waals surface area (Å²) in [6, 6.07) is 0. The van der Waals surface area contributed by atoms with Crippen LogP contribution in [0.25, 0.3) is 0 Å². The van der Waals surface area contributed by atoms with Crippen molar-refractivity contribution in [3.63, 3.8) is 0 Å². The lowest BCUT2D eigenvalue weighted by molar-refractivity contribution is -0.127. The average molecular weight is 205 g/mol. The molecule has 1 aliphatic rings. The molecule has 1 amide bonds. The van der Waals surface area contributed by atoms with Crippen LogP contribution in [0.3, 0.4) is 0 Å². The molecule has 1 unspecified atom stereocenters. The van der Waals surface area contributed by atoms with Gasteiger partial charge in [0.25, 0.3) is 0 Å². The normalized spacial score (nSPS) is 20.9. The van der Waals surface area contributed by atoms with E-state index in [1.54, 1.807) is 6.20 Å². The van der Waals surface area contributed by atoms with Gasteiger partial charge in [-0.05, 0) is 12.0 Å². The molecule has 1 aromatic heterocycles. The molecule has 4 heteroatoms. The second-order valence-electron chi connectivity index (χ2n) is 3.90. The highest BCUT2D eigenvalue weighted by Gasteiger charge is 2.26. The van der Waals surface area contributed by atoms with E-state index in [2.05, 4.69) is 16.8 Å². The third-order valence-electron chi connectivity index (χ3n) is 2.80. The first kappa shape index (κ1) is 9.96. The highest BCUT2D eigenvalue weighted by molar-refractivity contribution is 5.78. The number of amides is 1. The lowest BCUT2D eigenvalue weighted by atomic mass is 10.1. The van der Waals surface area contributed by atoms with Gasteiger partial charge >= 0.3 is 0 Å². The predicted octanol–water partition coefficient (Wildman–Crippen LogP) is 0.987. The van der Waals surface area contributed by atoms with E-state index in [1.165, 1.54) is 0 Å². The lowest BCUT2D eigenvalue weighted by Crippen LogP contribution is -2.27. The standard InChI is InChI=1S/C11H15N3O/c1-2-9-5-11(15)14(8-9)4-3-10-6-12-13-7-10/h2,6-7,9H,1,3-5,8H2,(H,12,13). The number of aromatic amines is 1. The minimum atomic E-state index is 0.239. The number of hydrogen-bond acceptors (Lipinski definition) is 2. The monoisotopic (exact) mass is 205 g/mol. The maximum Gasteiger partial charge on any atom is 0.223 e. The SMILES string of the molecule is C=CC1CC(=O)N(CCc2cn[nH]c2)C1. The summed E-state index contributed by atoms with van der Waals surface area (Å²) in [6.45, 7) is 5.33. The molecular weight excluding hydrogens is 190 g/mol. The van der Waals surface area contributed by atoms with Crippen LogP contribution in [0.1, 0.15) is 12.0 Å². The molecule has 0 aliphatic carbocycles. The quantitative estimate of drug-likeness (QED) is 0.745. The maximum absolute atomic E-state index is 11.6. The van der Waals surface area contributed by atoms with Gasteiger partial charge in [-0.2, -0.15) is 5.10 Å². The molecule has 1 aliphatic heterocycles. The molecule has 1 fully saturated rings. The van der Waals surface area contributed by atoms with Crippen molar-refractivity contribution >= 4 is 5.91 Å². The van der Waals surface area contributed by atoms with Gasteiger partial charge in [0.15, 0.2) is 0 Å². The molecule has 0 radical (unpaired) electrons. The lowest BCUT2D eigenvalue weighted by Gasteiger charge is -2.14. The zero-order chi connectivity index (χ0) is 10.7. The summed E-state index contributed by atoms with van der Waals surface area (Å²) >= 11 is 0. The summed E-state index contributed by atoms with van der Waals surface area (Å²) in [5.74, 6) is 0.574. The number of carbonyl (C=O) groups excluding carboxylic acids is 1. The first-order valence-corrected chi connectivity index (χ1v) is 5.17. The number of hydrogen-bond donors (Lipinski definition) is 1. The van der Waals surface area contributed by atoms with Crippen molar-refractivity contribution in [2.45, 2.75) is 12.8 Å². The van der Waals surface area contributed by atoms with Crippen molar-refractivity contribution in [1.82, 2.24) is 15.1 Å². The summed E-state index contributed by atoms with van der Waals surface area (Å²) < 4.78 is 0. The molecule has 80 valence electrons. The number of nitrogens with zero attached hydrogens (tertiary/aromatic N) is 2. The van der Waals surface area contributed by atoms with Crippen molar-refractivity contribution in [2.75, 3.05) is 13.1 Å². The second-order valence-corrected chi connectivity index (χ2v) is 3.90. The van der Waals surface area contributed by atoms with Gasteiger partial charge in [0.2, 0.25) is 5.91 Å². The summed E-state index contributed by atoms with van der Waals surface area (Å²) in [7, 11) is 0. The van der Waals surface area contributed by atoms with Gasteiger partial charge in [0, 0.05) is 31.6 Å². The van der Waals surface area contributed by atoms with Crippen LogP contribution in [0, 0.1) is 5.92 Å². The van der Waals surface area contributed by atoms with E-state index < -0.39 is 0 Å². The fourth-order valence-electron chi connectivity index (χ4n) is 1.86. The minimum Gasteiger partial charge on any atom is -0.342 e. The van der Waals surface area contributed by atoms with Gasteiger partial charge < -0.3 is 4.90 Å².